The topological polar surface area (TPSA) is 141 Å². The van der Waals surface area contributed by atoms with Crippen molar-refractivity contribution in [3.63, 3.8) is 0 Å². The molecule has 10 nitrogen and oxygen atoms in total. The molecular formula is C25H34N4O6S3. The summed E-state index contributed by atoms with van der Waals surface area (Å²) in [6.45, 7) is 9.40. The average molecular weight is 583 g/mol. The second-order valence-electron chi connectivity index (χ2n) is 9.75. The molecule has 38 heavy (non-hydrogen) atoms. The Kier molecular flexibility index (Phi) is 9.66. The van der Waals surface area contributed by atoms with Crippen molar-refractivity contribution >= 4 is 47.5 Å². The van der Waals surface area contributed by atoms with Crippen LogP contribution in [0, 0.1) is 11.8 Å². The van der Waals surface area contributed by atoms with Crippen LogP contribution in [0.25, 0.3) is 10.2 Å². The Bertz CT molecular complexity index is 1560. The highest BCUT2D eigenvalue weighted by Gasteiger charge is 2.26. The first kappa shape index (κ1) is 30.1. The van der Waals surface area contributed by atoms with E-state index in [0.717, 1.165) is 11.3 Å². The number of fused-ring (bicyclic) bond motifs is 1. The van der Waals surface area contributed by atoms with Crippen molar-refractivity contribution in [3.05, 3.63) is 52.8 Å². The van der Waals surface area contributed by atoms with Gasteiger partial charge in [-0.2, -0.15) is 9.30 Å². The summed E-state index contributed by atoms with van der Waals surface area (Å²) >= 11 is 1.15. The molecule has 0 aliphatic heterocycles. The van der Waals surface area contributed by atoms with Crippen LogP contribution >= 0.6 is 11.3 Å². The highest BCUT2D eigenvalue weighted by Crippen LogP contribution is 2.22. The predicted octanol–water partition coefficient (Wildman–Crippen LogP) is 3.04. The van der Waals surface area contributed by atoms with Crippen molar-refractivity contribution in [2.75, 3.05) is 26.8 Å². The van der Waals surface area contributed by atoms with Crippen LogP contribution in [0.3, 0.4) is 0 Å². The van der Waals surface area contributed by atoms with Crippen molar-refractivity contribution in [3.8, 4) is 0 Å². The molecule has 208 valence electrons. The van der Waals surface area contributed by atoms with Gasteiger partial charge in [-0.15, -0.1) is 0 Å². The van der Waals surface area contributed by atoms with Crippen molar-refractivity contribution in [1.29, 1.82) is 0 Å². The molecule has 2 N–H and O–H groups in total. The third-order valence-electron chi connectivity index (χ3n) is 5.58. The molecule has 1 aromatic heterocycles. The average Bonchev–Trinajstić information content (AvgIpc) is 3.17. The molecule has 0 saturated heterocycles. The zero-order chi connectivity index (χ0) is 28.3. The maximum Gasteiger partial charge on any atom is 0.279 e. The molecule has 0 aliphatic rings. The first-order valence-corrected chi connectivity index (χ1v) is 15.9. The van der Waals surface area contributed by atoms with Crippen LogP contribution in [-0.2, 0) is 31.3 Å². The van der Waals surface area contributed by atoms with E-state index < -0.39 is 26.0 Å². The van der Waals surface area contributed by atoms with Crippen molar-refractivity contribution in [2.24, 2.45) is 22.0 Å². The molecule has 0 bridgehead atoms. The number of hydrogen-bond acceptors (Lipinski definition) is 7. The molecule has 2 aromatic carbocycles. The lowest BCUT2D eigenvalue weighted by Gasteiger charge is -2.25. The lowest BCUT2D eigenvalue weighted by Crippen LogP contribution is -2.37. The number of aromatic nitrogens is 1. The number of amides is 1. The summed E-state index contributed by atoms with van der Waals surface area (Å²) in [6, 6.07) is 10.2. The third kappa shape index (κ3) is 7.16. The number of hydrogen-bond donors (Lipinski definition) is 1. The Morgan fingerprint density at radius 3 is 2.11 bits per heavy atom. The van der Waals surface area contributed by atoms with E-state index in [0.29, 0.717) is 41.3 Å². The van der Waals surface area contributed by atoms with Gasteiger partial charge in [0.25, 0.3) is 5.91 Å². The number of carbonyl (C=O) groups excluding carboxylic acids is 1. The monoisotopic (exact) mass is 582 g/mol. The normalized spacial score (nSPS) is 13.3. The summed E-state index contributed by atoms with van der Waals surface area (Å²) in [7, 11) is -6.07. The molecular weight excluding hydrogens is 548 g/mol. The number of ether oxygens (including phenoxy) is 1. The highest BCUT2D eigenvalue weighted by molar-refractivity contribution is 7.89. The van der Waals surface area contributed by atoms with Crippen LogP contribution < -0.4 is 9.94 Å². The number of nitrogens with two attached hydrogens (primary N) is 1. The number of primary sulfonamides is 1. The zero-order valence-electron chi connectivity index (χ0n) is 22.1. The second kappa shape index (κ2) is 12.2. The van der Waals surface area contributed by atoms with E-state index in [9.17, 15) is 21.6 Å². The lowest BCUT2D eigenvalue weighted by atomic mass is 10.2. The summed E-state index contributed by atoms with van der Waals surface area (Å²) < 4.78 is 59.1. The molecule has 0 fully saturated rings. The van der Waals surface area contributed by atoms with E-state index in [1.54, 1.807) is 17.7 Å². The van der Waals surface area contributed by atoms with Crippen molar-refractivity contribution < 1.29 is 26.4 Å². The molecule has 1 amide bonds. The van der Waals surface area contributed by atoms with Gasteiger partial charge in [0, 0.05) is 32.3 Å². The molecule has 0 saturated carbocycles. The Morgan fingerprint density at radius 1 is 1.00 bits per heavy atom. The number of rotatable bonds is 11. The maximum atomic E-state index is 13.3. The van der Waals surface area contributed by atoms with E-state index in [1.165, 1.54) is 40.7 Å². The van der Waals surface area contributed by atoms with Crippen molar-refractivity contribution in [2.45, 2.75) is 44.0 Å². The minimum Gasteiger partial charge on any atom is -0.383 e. The van der Waals surface area contributed by atoms with Crippen LogP contribution in [0.1, 0.15) is 38.1 Å². The summed E-state index contributed by atoms with van der Waals surface area (Å²) in [4.78, 5) is 17.7. The molecule has 0 aliphatic carbocycles. The number of sulfonamides is 2. The number of nitrogens with zero attached hydrogens (tertiary/aromatic N) is 3. The second-order valence-corrected chi connectivity index (χ2v) is 14.3. The molecule has 0 unspecified atom stereocenters. The smallest absolute Gasteiger partial charge is 0.279 e. The number of methoxy groups -OCH3 is 1. The van der Waals surface area contributed by atoms with Gasteiger partial charge in [-0.25, -0.2) is 22.0 Å². The number of carbonyl (C=O) groups is 1. The Morgan fingerprint density at radius 2 is 1.58 bits per heavy atom. The number of benzene rings is 2. The molecule has 3 rings (SSSR count). The van der Waals surface area contributed by atoms with Crippen molar-refractivity contribution in [1.82, 2.24) is 8.87 Å². The predicted molar refractivity (Wildman–Crippen MR) is 148 cm³/mol. The first-order chi connectivity index (χ1) is 17.7. The fourth-order valence-corrected chi connectivity index (χ4v) is 7.34. The lowest BCUT2D eigenvalue weighted by molar-refractivity contribution is 0.0997. The van der Waals surface area contributed by atoms with E-state index in [-0.39, 0.29) is 27.2 Å². The minimum atomic E-state index is -3.89. The molecule has 0 spiro atoms. The van der Waals surface area contributed by atoms with Crippen LogP contribution in [0.2, 0.25) is 0 Å². The molecule has 3 aromatic rings. The standard InChI is InChI=1S/C25H34N4O6S3/c1-17(2)15-28(16-18(3)4)38(33,34)20-8-6-19(7-9-20)24(30)27-25-29(12-13-35-5)22-11-10-21(37(26,31)32)14-23(22)36-25/h6-11,14,17-18H,12-13,15-16H2,1-5H3,(H2,26,31,32). The van der Waals surface area contributed by atoms with Gasteiger partial charge < -0.3 is 9.30 Å². The van der Waals surface area contributed by atoms with Crippen LogP contribution in [0.15, 0.2) is 57.2 Å². The minimum absolute atomic E-state index is 0.0382. The van der Waals surface area contributed by atoms with Gasteiger partial charge in [-0.3, -0.25) is 4.79 Å². The van der Waals surface area contributed by atoms with Gasteiger partial charge in [0.1, 0.15) is 0 Å². The molecule has 0 radical (unpaired) electrons. The van der Waals surface area contributed by atoms with Gasteiger partial charge in [-0.05, 0) is 54.3 Å². The summed E-state index contributed by atoms with van der Waals surface area (Å²) in [5.41, 5.74) is 0.909. The molecule has 0 atom stereocenters. The largest absolute Gasteiger partial charge is 0.383 e. The fraction of sp³-hybridized carbons (Fsp3) is 0.440. The zero-order valence-corrected chi connectivity index (χ0v) is 24.6. The molecule has 1 heterocycles. The molecule has 13 heteroatoms. The van der Waals surface area contributed by atoms with Crippen LogP contribution in [0.4, 0.5) is 0 Å². The van der Waals surface area contributed by atoms with E-state index in [2.05, 4.69) is 4.99 Å². The van der Waals surface area contributed by atoms with Crippen LogP contribution in [0.5, 0.6) is 0 Å². The van der Waals surface area contributed by atoms with Gasteiger partial charge >= 0.3 is 0 Å². The Balaban J connectivity index is 1.99. The van der Waals surface area contributed by atoms with E-state index >= 15 is 0 Å². The first-order valence-electron chi connectivity index (χ1n) is 12.1. The third-order valence-corrected chi connectivity index (χ3v) is 9.37. The van der Waals surface area contributed by atoms with E-state index in [4.69, 9.17) is 9.88 Å². The van der Waals surface area contributed by atoms with Gasteiger partial charge in [0.05, 0.1) is 26.6 Å². The van der Waals surface area contributed by atoms with E-state index in [1.807, 2.05) is 27.7 Å². The maximum absolute atomic E-state index is 13.3. The number of thiazole rings is 1. The fourth-order valence-electron chi connectivity index (χ4n) is 3.87. The van der Waals surface area contributed by atoms with Gasteiger partial charge in [0.15, 0.2) is 4.80 Å². The SMILES string of the molecule is COCCn1c(=NC(=O)c2ccc(S(=O)(=O)N(CC(C)C)CC(C)C)cc2)sc2cc(S(N)(=O)=O)ccc21. The Hall–Kier alpha value is -2.42. The summed E-state index contributed by atoms with van der Waals surface area (Å²) in [5, 5.41) is 5.26. The van der Waals surface area contributed by atoms with Gasteiger partial charge in [-0.1, -0.05) is 39.0 Å². The highest BCUT2D eigenvalue weighted by atomic mass is 32.2. The van der Waals surface area contributed by atoms with Crippen LogP contribution in [-0.4, -0.2) is 58.4 Å². The summed E-state index contributed by atoms with van der Waals surface area (Å²) in [5.74, 6) is -0.231. The quantitative estimate of drug-likeness (QED) is 0.368. The summed E-state index contributed by atoms with van der Waals surface area (Å²) in [6.07, 6.45) is 0. The van der Waals surface area contributed by atoms with Gasteiger partial charge in [0.2, 0.25) is 20.0 Å². The Labute approximate surface area is 227 Å².